The summed E-state index contributed by atoms with van der Waals surface area (Å²) in [7, 11) is 0. The Morgan fingerprint density at radius 1 is 1.50 bits per heavy atom. The second-order valence-electron chi connectivity index (χ2n) is 2.71. The predicted molar refractivity (Wildman–Crippen MR) is 32.5 cm³/mol. The Bertz CT molecular complexity index is 118. The van der Waals surface area contributed by atoms with E-state index >= 15 is 0 Å². The second-order valence-corrected chi connectivity index (χ2v) is 2.71. The lowest BCUT2D eigenvalue weighted by molar-refractivity contribution is -0.0975. The van der Waals surface area contributed by atoms with Gasteiger partial charge in [0.15, 0.2) is 0 Å². The summed E-state index contributed by atoms with van der Waals surface area (Å²) in [5.74, 6) is 2.24. The third-order valence-electron chi connectivity index (χ3n) is 1.79. The molecule has 4 heteroatoms. The predicted octanol–water partition coefficient (Wildman–Crippen LogP) is 1.45. The van der Waals surface area contributed by atoms with Crippen LogP contribution in [0.2, 0.25) is 0 Å². The highest BCUT2D eigenvalue weighted by atomic mass is 19.3. The van der Waals surface area contributed by atoms with Gasteiger partial charge in [0.25, 0.3) is 5.92 Å². The van der Waals surface area contributed by atoms with E-state index in [2.05, 4.69) is 4.84 Å². The fourth-order valence-corrected chi connectivity index (χ4v) is 1.24. The molecule has 1 aliphatic carbocycles. The summed E-state index contributed by atoms with van der Waals surface area (Å²) in [5.41, 5.74) is 0. The minimum absolute atomic E-state index is 0.0210. The SMILES string of the molecule is NOC1CCCC(F)(F)C1. The molecule has 0 aliphatic heterocycles. The Hall–Kier alpha value is -0.220. The molecule has 1 fully saturated rings. The highest BCUT2D eigenvalue weighted by Gasteiger charge is 2.36. The van der Waals surface area contributed by atoms with Gasteiger partial charge in [0.05, 0.1) is 6.10 Å². The van der Waals surface area contributed by atoms with Gasteiger partial charge in [0.2, 0.25) is 0 Å². The number of halogens is 2. The highest BCUT2D eigenvalue weighted by Crippen LogP contribution is 2.33. The van der Waals surface area contributed by atoms with Gasteiger partial charge in [-0.2, -0.15) is 0 Å². The average molecular weight is 151 g/mol. The summed E-state index contributed by atoms with van der Waals surface area (Å²) in [6.45, 7) is 0. The molecule has 0 radical (unpaired) electrons. The Morgan fingerprint density at radius 2 is 2.20 bits per heavy atom. The molecule has 0 bridgehead atoms. The third kappa shape index (κ3) is 1.88. The van der Waals surface area contributed by atoms with E-state index < -0.39 is 12.0 Å². The number of hydrogen-bond donors (Lipinski definition) is 1. The Balaban J connectivity index is 2.40. The van der Waals surface area contributed by atoms with Gasteiger partial charge in [-0.15, -0.1) is 0 Å². The largest absolute Gasteiger partial charge is 0.301 e. The Kier molecular flexibility index (Phi) is 2.21. The number of alkyl halides is 2. The summed E-state index contributed by atoms with van der Waals surface area (Å²) in [5, 5.41) is 0. The molecule has 0 saturated heterocycles. The van der Waals surface area contributed by atoms with Crippen LogP contribution < -0.4 is 5.90 Å². The first-order valence-electron chi connectivity index (χ1n) is 3.37. The van der Waals surface area contributed by atoms with Crippen molar-refractivity contribution in [2.24, 2.45) is 5.90 Å². The van der Waals surface area contributed by atoms with E-state index in [1.54, 1.807) is 0 Å². The van der Waals surface area contributed by atoms with Crippen molar-refractivity contribution >= 4 is 0 Å². The monoisotopic (exact) mass is 151 g/mol. The molecule has 0 heterocycles. The van der Waals surface area contributed by atoms with Gasteiger partial charge in [-0.1, -0.05) is 0 Å². The van der Waals surface area contributed by atoms with E-state index in [0.717, 1.165) is 0 Å². The van der Waals surface area contributed by atoms with Crippen LogP contribution in [0.15, 0.2) is 0 Å². The second kappa shape index (κ2) is 2.80. The summed E-state index contributed by atoms with van der Waals surface area (Å²) in [6.07, 6.45) is 0.487. The smallest absolute Gasteiger partial charge is 0.250 e. The zero-order chi connectivity index (χ0) is 7.61. The first kappa shape index (κ1) is 7.88. The van der Waals surface area contributed by atoms with Crippen molar-refractivity contribution in [1.82, 2.24) is 0 Å². The molecule has 1 unspecified atom stereocenters. The average Bonchev–Trinajstić information content (AvgIpc) is 1.86. The summed E-state index contributed by atoms with van der Waals surface area (Å²) >= 11 is 0. The standard InChI is InChI=1S/C6H11F2NO/c7-6(8)3-1-2-5(4-6)10-9/h5H,1-4,9H2. The van der Waals surface area contributed by atoms with Gasteiger partial charge in [0, 0.05) is 12.8 Å². The van der Waals surface area contributed by atoms with Crippen LogP contribution in [0.3, 0.4) is 0 Å². The van der Waals surface area contributed by atoms with Gasteiger partial charge in [0.1, 0.15) is 0 Å². The molecule has 1 rings (SSSR count). The minimum Gasteiger partial charge on any atom is -0.301 e. The molecule has 0 spiro atoms. The van der Waals surface area contributed by atoms with Crippen molar-refractivity contribution in [3.63, 3.8) is 0 Å². The van der Waals surface area contributed by atoms with E-state index in [4.69, 9.17) is 5.90 Å². The van der Waals surface area contributed by atoms with Crippen molar-refractivity contribution in [2.45, 2.75) is 37.7 Å². The zero-order valence-electron chi connectivity index (χ0n) is 5.65. The molecular formula is C6H11F2NO. The van der Waals surface area contributed by atoms with Crippen LogP contribution in [0.1, 0.15) is 25.7 Å². The van der Waals surface area contributed by atoms with Crippen LogP contribution in [0.5, 0.6) is 0 Å². The number of hydrogen-bond acceptors (Lipinski definition) is 2. The van der Waals surface area contributed by atoms with Gasteiger partial charge >= 0.3 is 0 Å². The molecule has 10 heavy (non-hydrogen) atoms. The lowest BCUT2D eigenvalue weighted by Crippen LogP contribution is -2.32. The van der Waals surface area contributed by atoms with Crippen LogP contribution in [0.25, 0.3) is 0 Å². The summed E-state index contributed by atoms with van der Waals surface area (Å²) in [4.78, 5) is 4.35. The summed E-state index contributed by atoms with van der Waals surface area (Å²) in [6, 6.07) is 0. The van der Waals surface area contributed by atoms with E-state index in [-0.39, 0.29) is 12.8 Å². The molecule has 2 N–H and O–H groups in total. The van der Waals surface area contributed by atoms with Gasteiger partial charge in [-0.3, -0.25) is 0 Å². The third-order valence-corrected chi connectivity index (χ3v) is 1.79. The van der Waals surface area contributed by atoms with Crippen molar-refractivity contribution in [1.29, 1.82) is 0 Å². The quantitative estimate of drug-likeness (QED) is 0.576. The normalized spacial score (nSPS) is 32.1. The van der Waals surface area contributed by atoms with E-state index in [9.17, 15) is 8.78 Å². The number of rotatable bonds is 1. The van der Waals surface area contributed by atoms with Crippen LogP contribution in [-0.4, -0.2) is 12.0 Å². The van der Waals surface area contributed by atoms with Crippen molar-refractivity contribution in [3.8, 4) is 0 Å². The van der Waals surface area contributed by atoms with E-state index in [1.165, 1.54) is 0 Å². The minimum atomic E-state index is -2.55. The fourth-order valence-electron chi connectivity index (χ4n) is 1.24. The summed E-state index contributed by atoms with van der Waals surface area (Å²) < 4.78 is 25.0. The molecule has 1 aliphatic rings. The lowest BCUT2D eigenvalue weighted by Gasteiger charge is -2.26. The topological polar surface area (TPSA) is 35.2 Å². The van der Waals surface area contributed by atoms with Crippen LogP contribution in [0.4, 0.5) is 8.78 Å². The maximum absolute atomic E-state index is 12.5. The molecule has 2 nitrogen and oxygen atoms in total. The Labute approximate surface area is 58.3 Å². The first-order chi connectivity index (χ1) is 4.64. The van der Waals surface area contributed by atoms with Crippen molar-refractivity contribution < 1.29 is 13.6 Å². The molecule has 0 aromatic heterocycles. The van der Waals surface area contributed by atoms with Crippen LogP contribution in [0, 0.1) is 0 Å². The lowest BCUT2D eigenvalue weighted by atomic mass is 9.94. The van der Waals surface area contributed by atoms with Crippen LogP contribution in [-0.2, 0) is 4.84 Å². The molecule has 0 amide bonds. The van der Waals surface area contributed by atoms with E-state index in [0.29, 0.717) is 12.8 Å². The van der Waals surface area contributed by atoms with Gasteiger partial charge in [-0.25, -0.2) is 14.7 Å². The molecule has 1 saturated carbocycles. The molecule has 0 aromatic carbocycles. The van der Waals surface area contributed by atoms with Gasteiger partial charge in [-0.05, 0) is 12.8 Å². The number of nitrogens with two attached hydrogens (primary N) is 1. The van der Waals surface area contributed by atoms with Crippen LogP contribution >= 0.6 is 0 Å². The maximum Gasteiger partial charge on any atom is 0.250 e. The maximum atomic E-state index is 12.5. The highest BCUT2D eigenvalue weighted by molar-refractivity contribution is 4.78. The first-order valence-corrected chi connectivity index (χ1v) is 3.37. The van der Waals surface area contributed by atoms with E-state index in [1.807, 2.05) is 0 Å². The zero-order valence-corrected chi connectivity index (χ0v) is 5.65. The van der Waals surface area contributed by atoms with Crippen molar-refractivity contribution in [3.05, 3.63) is 0 Å². The van der Waals surface area contributed by atoms with Crippen molar-refractivity contribution in [2.75, 3.05) is 0 Å². The molecule has 60 valence electrons. The fraction of sp³-hybridized carbons (Fsp3) is 1.00. The Morgan fingerprint density at radius 3 is 2.60 bits per heavy atom. The van der Waals surface area contributed by atoms with Gasteiger partial charge < -0.3 is 4.84 Å². The molecular weight excluding hydrogens is 140 g/mol. The molecule has 1 atom stereocenters. The molecule has 0 aromatic rings.